The number of aliphatic imine (C=N–C) groups is 1. The van der Waals surface area contributed by atoms with Crippen molar-refractivity contribution in [3.8, 4) is 0 Å². The van der Waals surface area contributed by atoms with Gasteiger partial charge in [-0.3, -0.25) is 10.1 Å². The minimum atomic E-state index is -4.48. The van der Waals surface area contributed by atoms with Crippen molar-refractivity contribution in [3.05, 3.63) is 75.0 Å². The first-order valence-corrected chi connectivity index (χ1v) is 9.46. The van der Waals surface area contributed by atoms with E-state index in [9.17, 15) is 28.1 Å². The van der Waals surface area contributed by atoms with Crippen molar-refractivity contribution in [2.75, 3.05) is 18.0 Å². The second-order valence-electron chi connectivity index (χ2n) is 7.11. The Balaban J connectivity index is 1.62. The molecular weight excluding hydrogens is 415 g/mol. The van der Waals surface area contributed by atoms with Gasteiger partial charge in [-0.1, -0.05) is 6.07 Å². The number of nitro benzene ring substituents is 1. The van der Waals surface area contributed by atoms with Crippen molar-refractivity contribution in [1.82, 2.24) is 0 Å². The van der Waals surface area contributed by atoms with Crippen LogP contribution in [0.5, 0.6) is 0 Å². The molecule has 0 radical (unpaired) electrons. The average Bonchev–Trinajstić information content (AvgIpc) is 3.38. The van der Waals surface area contributed by atoms with Gasteiger partial charge < -0.3 is 9.64 Å². The number of alkyl halides is 3. The van der Waals surface area contributed by atoms with E-state index in [0.29, 0.717) is 11.3 Å². The number of carbonyl (C=O) groups is 1. The summed E-state index contributed by atoms with van der Waals surface area (Å²) in [5.41, 5.74) is 0.113. The Morgan fingerprint density at radius 2 is 1.77 bits per heavy atom. The number of carbonyl (C=O) groups excluding carboxylic acids is 1. The first kappa shape index (κ1) is 20.6. The smallest absolute Gasteiger partial charge is 0.402 e. The first-order chi connectivity index (χ1) is 14.7. The number of benzene rings is 2. The number of esters is 1. The van der Waals surface area contributed by atoms with Crippen LogP contribution in [0.1, 0.15) is 29.5 Å². The van der Waals surface area contributed by atoms with Gasteiger partial charge in [0.25, 0.3) is 5.69 Å². The molecule has 1 fully saturated rings. The largest absolute Gasteiger partial charge is 0.416 e. The summed E-state index contributed by atoms with van der Waals surface area (Å²) >= 11 is 0. The predicted molar refractivity (Wildman–Crippen MR) is 107 cm³/mol. The van der Waals surface area contributed by atoms with Gasteiger partial charge >= 0.3 is 12.1 Å². The first-order valence-electron chi connectivity index (χ1n) is 9.46. The average molecular weight is 431 g/mol. The molecule has 0 unspecified atom stereocenters. The third kappa shape index (κ3) is 4.27. The minimum Gasteiger partial charge on any atom is -0.402 e. The van der Waals surface area contributed by atoms with Gasteiger partial charge in [-0.2, -0.15) is 13.2 Å². The lowest BCUT2D eigenvalue weighted by atomic mass is 10.1. The van der Waals surface area contributed by atoms with Crippen molar-refractivity contribution in [3.63, 3.8) is 0 Å². The van der Waals surface area contributed by atoms with Crippen LogP contribution in [0.3, 0.4) is 0 Å². The molecule has 4 rings (SSSR count). The predicted octanol–water partition coefficient (Wildman–Crippen LogP) is 4.56. The lowest BCUT2D eigenvalue weighted by Gasteiger charge is -2.17. The quantitative estimate of drug-likeness (QED) is 0.307. The van der Waals surface area contributed by atoms with Gasteiger partial charge in [0.1, 0.15) is 5.69 Å². The van der Waals surface area contributed by atoms with Crippen molar-refractivity contribution in [1.29, 1.82) is 0 Å². The topological polar surface area (TPSA) is 85.0 Å². The van der Waals surface area contributed by atoms with Gasteiger partial charge in [-0.25, -0.2) is 9.79 Å². The van der Waals surface area contributed by atoms with Crippen LogP contribution in [-0.4, -0.2) is 29.9 Å². The summed E-state index contributed by atoms with van der Waals surface area (Å²) in [4.78, 5) is 29.2. The Labute approximate surface area is 174 Å². The van der Waals surface area contributed by atoms with E-state index in [0.717, 1.165) is 50.2 Å². The van der Waals surface area contributed by atoms with Gasteiger partial charge in [0.05, 0.1) is 10.5 Å². The van der Waals surface area contributed by atoms with Crippen molar-refractivity contribution in [2.24, 2.45) is 4.99 Å². The molecule has 0 bridgehead atoms. The molecule has 0 aliphatic carbocycles. The highest BCUT2D eigenvalue weighted by molar-refractivity contribution is 6.12. The Bertz CT molecular complexity index is 1100. The fraction of sp³-hybridized carbons (Fsp3) is 0.238. The molecule has 0 saturated carbocycles. The number of ether oxygens (including phenoxy) is 1. The van der Waals surface area contributed by atoms with E-state index in [4.69, 9.17) is 4.74 Å². The summed E-state index contributed by atoms with van der Waals surface area (Å²) in [6.45, 7) is 1.49. The number of rotatable bonds is 4. The van der Waals surface area contributed by atoms with E-state index < -0.39 is 22.6 Å². The number of halogens is 3. The van der Waals surface area contributed by atoms with Crippen LogP contribution in [0.4, 0.5) is 24.5 Å². The van der Waals surface area contributed by atoms with E-state index in [1.165, 1.54) is 12.1 Å². The van der Waals surface area contributed by atoms with Crippen LogP contribution >= 0.6 is 0 Å². The SMILES string of the molecule is O=C1OC(c2ccc(C(F)(F)F)cc2)=N/C1=C/c1ccc(N2CCCC2)c([N+](=O)[O-])c1. The number of nitro groups is 1. The fourth-order valence-corrected chi connectivity index (χ4v) is 3.49. The fourth-order valence-electron chi connectivity index (χ4n) is 3.49. The number of hydrogen-bond donors (Lipinski definition) is 0. The molecule has 2 aliphatic rings. The van der Waals surface area contributed by atoms with Gasteiger partial charge in [-0.05, 0) is 54.8 Å². The lowest BCUT2D eigenvalue weighted by molar-refractivity contribution is -0.384. The molecule has 1 saturated heterocycles. The molecule has 160 valence electrons. The van der Waals surface area contributed by atoms with Crippen LogP contribution in [0.25, 0.3) is 6.08 Å². The van der Waals surface area contributed by atoms with Crippen LogP contribution in [0, 0.1) is 10.1 Å². The molecule has 0 aromatic heterocycles. The Kier molecular flexibility index (Phi) is 5.22. The lowest BCUT2D eigenvalue weighted by Crippen LogP contribution is -2.18. The zero-order valence-corrected chi connectivity index (χ0v) is 16.1. The molecule has 2 heterocycles. The van der Waals surface area contributed by atoms with E-state index in [2.05, 4.69) is 4.99 Å². The standard InChI is InChI=1S/C21H16F3N3O4/c22-21(23,24)15-6-4-14(5-7-15)19-25-16(20(28)31-19)11-13-3-8-17(18(12-13)27(29)30)26-9-1-2-10-26/h3-8,11-12H,1-2,9-10H2/b16-11+. The maximum absolute atomic E-state index is 12.7. The summed E-state index contributed by atoms with van der Waals surface area (Å²) in [5.74, 6) is -0.922. The molecule has 0 amide bonds. The van der Waals surface area contributed by atoms with Crippen LogP contribution in [-0.2, 0) is 15.7 Å². The highest BCUT2D eigenvalue weighted by atomic mass is 19.4. The van der Waals surface area contributed by atoms with Gasteiger partial charge in [-0.15, -0.1) is 0 Å². The second kappa shape index (κ2) is 7.86. The third-order valence-corrected chi connectivity index (χ3v) is 5.03. The van der Waals surface area contributed by atoms with Gasteiger partial charge in [0, 0.05) is 24.7 Å². The maximum atomic E-state index is 12.7. The summed E-state index contributed by atoms with van der Waals surface area (Å²) in [6, 6.07) is 8.70. The summed E-state index contributed by atoms with van der Waals surface area (Å²) in [7, 11) is 0. The third-order valence-electron chi connectivity index (χ3n) is 5.03. The monoisotopic (exact) mass is 431 g/mol. The molecule has 0 N–H and O–H groups in total. The molecule has 2 aromatic rings. The summed E-state index contributed by atoms with van der Waals surface area (Å²) in [6.07, 6.45) is -1.19. The highest BCUT2D eigenvalue weighted by Gasteiger charge is 2.31. The van der Waals surface area contributed by atoms with Crippen LogP contribution in [0.15, 0.2) is 53.2 Å². The highest BCUT2D eigenvalue weighted by Crippen LogP contribution is 2.33. The molecule has 0 spiro atoms. The molecule has 10 heteroatoms. The van der Waals surface area contributed by atoms with Crippen molar-refractivity contribution in [2.45, 2.75) is 19.0 Å². The van der Waals surface area contributed by atoms with Gasteiger partial charge in [0.2, 0.25) is 5.90 Å². The van der Waals surface area contributed by atoms with Crippen molar-refractivity contribution >= 4 is 29.3 Å². The number of cyclic esters (lactones) is 1. The van der Waals surface area contributed by atoms with E-state index in [-0.39, 0.29) is 22.8 Å². The minimum absolute atomic E-state index is 0.0745. The molecule has 31 heavy (non-hydrogen) atoms. The Morgan fingerprint density at radius 1 is 1.10 bits per heavy atom. The molecule has 2 aromatic carbocycles. The van der Waals surface area contributed by atoms with E-state index in [1.807, 2.05) is 4.90 Å². The summed E-state index contributed by atoms with van der Waals surface area (Å²) < 4.78 is 43.2. The molecule has 7 nitrogen and oxygen atoms in total. The zero-order valence-electron chi connectivity index (χ0n) is 16.1. The summed E-state index contributed by atoms with van der Waals surface area (Å²) in [5, 5.41) is 11.5. The maximum Gasteiger partial charge on any atom is 0.416 e. The molecular formula is C21H16F3N3O4. The Hall–Kier alpha value is -3.69. The van der Waals surface area contributed by atoms with E-state index in [1.54, 1.807) is 12.1 Å². The van der Waals surface area contributed by atoms with Crippen molar-refractivity contribution < 1.29 is 27.6 Å². The number of anilines is 1. The van der Waals surface area contributed by atoms with E-state index >= 15 is 0 Å². The van der Waals surface area contributed by atoms with Crippen LogP contribution in [0.2, 0.25) is 0 Å². The number of hydrogen-bond acceptors (Lipinski definition) is 6. The van der Waals surface area contributed by atoms with Crippen LogP contribution < -0.4 is 4.90 Å². The normalized spacial score (nSPS) is 17.8. The molecule has 2 aliphatic heterocycles. The zero-order chi connectivity index (χ0) is 22.2. The Morgan fingerprint density at radius 3 is 2.39 bits per heavy atom. The second-order valence-corrected chi connectivity index (χ2v) is 7.11. The van der Waals surface area contributed by atoms with Gasteiger partial charge in [0.15, 0.2) is 5.70 Å². The molecule has 0 atom stereocenters. The number of nitrogens with zero attached hydrogens (tertiary/aromatic N) is 3.